The summed E-state index contributed by atoms with van der Waals surface area (Å²) in [6.45, 7) is 2.17. The largest absolute Gasteiger partial charge is 1.00 e. The molecule has 2 rings (SSSR count). The Morgan fingerprint density at radius 1 is 1.00 bits per heavy atom. The first kappa shape index (κ1) is 24.6. The van der Waals surface area contributed by atoms with Gasteiger partial charge in [0, 0.05) is 6.07 Å². The molecule has 0 unspecified atom stereocenters. The summed E-state index contributed by atoms with van der Waals surface area (Å²) in [5.41, 5.74) is 0.654. The number of hydrogen-bond donors (Lipinski definition) is 1. The van der Waals surface area contributed by atoms with Crippen LogP contribution in [-0.4, -0.2) is 13.0 Å². The summed E-state index contributed by atoms with van der Waals surface area (Å²) in [5, 5.41) is 12.1. The fourth-order valence-electron chi connectivity index (χ4n) is 2.79. The van der Waals surface area contributed by atoms with Crippen molar-refractivity contribution in [2.24, 2.45) is 0 Å². The van der Waals surface area contributed by atoms with Gasteiger partial charge in [0.2, 0.25) is 0 Å². The maximum Gasteiger partial charge on any atom is 1.00 e. The van der Waals surface area contributed by atoms with Crippen LogP contribution in [0.2, 0.25) is 0 Å². The summed E-state index contributed by atoms with van der Waals surface area (Å²) in [6.07, 6.45) is 7.28. The topological polar surface area (TPSA) is 86.7 Å². The molecule has 1 N–H and O–H groups in total. The van der Waals surface area contributed by atoms with E-state index in [9.17, 15) is 18.1 Å². The van der Waals surface area contributed by atoms with Gasteiger partial charge in [0.05, 0.1) is 4.90 Å². The normalized spacial score (nSPS) is 11.0. The van der Waals surface area contributed by atoms with Gasteiger partial charge in [0.1, 0.15) is 11.5 Å². The van der Waals surface area contributed by atoms with Crippen LogP contribution in [0.25, 0.3) is 0 Å². The predicted molar refractivity (Wildman–Crippen MR) is 99.3 cm³/mol. The van der Waals surface area contributed by atoms with Crippen molar-refractivity contribution < 1.29 is 74.2 Å². The number of unbranched alkanes of at least 4 members (excludes halogenated alkanes) is 5. The molecule has 142 valence electrons. The van der Waals surface area contributed by atoms with Crippen molar-refractivity contribution in [2.45, 2.75) is 56.8 Å². The molecule has 2 aromatic carbocycles. The van der Waals surface area contributed by atoms with Gasteiger partial charge in [-0.1, -0.05) is 69.0 Å². The Labute approximate surface area is 204 Å². The van der Waals surface area contributed by atoms with Crippen molar-refractivity contribution in [3.8, 4) is 17.2 Å². The minimum absolute atomic E-state index is 0. The number of ether oxygens (including phenoxy) is 1. The van der Waals surface area contributed by atoms with Crippen LogP contribution < -0.4 is 61.2 Å². The smallest absolute Gasteiger partial charge is 0.872 e. The number of rotatable bonds is 10. The molecule has 5 nitrogen and oxygen atoms in total. The molecule has 0 aliphatic heterocycles. The third-order valence-corrected chi connectivity index (χ3v) is 5.05. The van der Waals surface area contributed by atoms with Crippen molar-refractivity contribution >= 4 is 10.1 Å². The van der Waals surface area contributed by atoms with Crippen LogP contribution in [0.3, 0.4) is 0 Å². The van der Waals surface area contributed by atoms with E-state index in [0.717, 1.165) is 25.3 Å². The summed E-state index contributed by atoms with van der Waals surface area (Å²) < 4.78 is 37.9. The molecule has 0 heterocycles. The van der Waals surface area contributed by atoms with Crippen LogP contribution in [0.5, 0.6) is 17.2 Å². The molecule has 7 heteroatoms. The van der Waals surface area contributed by atoms with E-state index < -0.39 is 20.8 Å². The molecule has 0 aliphatic rings. The first-order chi connectivity index (χ1) is 12.4. The molecule has 0 saturated carbocycles. The number of para-hydroxylation sites is 1. The standard InChI is InChI=1S/C20H26O5S.K/c1-2-3-4-5-6-8-11-16-14-18(21)20(26(22,23)24)15-19(16)25-17-12-9-7-10-13-17;/h7,9-10,12-15,21H,2-6,8,11H2,1H3,(H,22,23,24);/q;+1/p-1. The Morgan fingerprint density at radius 3 is 2.26 bits per heavy atom. The maximum atomic E-state index is 12.1. The first-order valence-electron chi connectivity index (χ1n) is 8.96. The Morgan fingerprint density at radius 2 is 1.63 bits per heavy atom. The molecule has 0 spiro atoms. The van der Waals surface area contributed by atoms with E-state index in [2.05, 4.69) is 6.92 Å². The second kappa shape index (κ2) is 12.2. The zero-order valence-electron chi connectivity index (χ0n) is 16.0. The van der Waals surface area contributed by atoms with Gasteiger partial charge in [0.25, 0.3) is 10.1 Å². The van der Waals surface area contributed by atoms with Gasteiger partial charge in [-0.2, -0.15) is 8.42 Å². The average Bonchev–Trinajstić information content (AvgIpc) is 2.60. The van der Waals surface area contributed by atoms with Crippen molar-refractivity contribution in [3.05, 3.63) is 48.0 Å². The predicted octanol–water partition coefficient (Wildman–Crippen LogP) is 1.71. The SMILES string of the molecule is CCCCCCCCc1cc([O-])c(S(=O)(=O)O)cc1Oc1ccccc1.[K+]. The fraction of sp³-hybridized carbons (Fsp3) is 0.400. The Kier molecular flexibility index (Phi) is 11.1. The maximum absolute atomic E-state index is 12.1. The first-order valence-corrected chi connectivity index (χ1v) is 10.4. The molecule has 0 amide bonds. The summed E-state index contributed by atoms with van der Waals surface area (Å²) in [6, 6.07) is 11.3. The molecule has 0 saturated heterocycles. The summed E-state index contributed by atoms with van der Waals surface area (Å²) in [7, 11) is -4.59. The Hall–Kier alpha value is -0.414. The van der Waals surface area contributed by atoms with Gasteiger partial charge >= 0.3 is 51.4 Å². The molecule has 0 radical (unpaired) electrons. The van der Waals surface area contributed by atoms with Gasteiger partial charge in [-0.25, -0.2) is 0 Å². The Balaban J connectivity index is 0.00000364. The zero-order chi connectivity index (χ0) is 19.0. The van der Waals surface area contributed by atoms with Gasteiger partial charge in [-0.05, 0) is 30.5 Å². The zero-order valence-corrected chi connectivity index (χ0v) is 19.9. The molecular formula is C20H25KO5S. The average molecular weight is 417 g/mol. The third kappa shape index (κ3) is 8.23. The quantitative estimate of drug-likeness (QED) is 0.362. The summed E-state index contributed by atoms with van der Waals surface area (Å²) in [5.74, 6) is 0.113. The van der Waals surface area contributed by atoms with Gasteiger partial charge in [-0.15, -0.1) is 0 Å². The molecule has 27 heavy (non-hydrogen) atoms. The number of hydrogen-bond acceptors (Lipinski definition) is 4. The number of benzene rings is 2. The molecule has 2 aromatic rings. The van der Waals surface area contributed by atoms with Crippen molar-refractivity contribution in [2.75, 3.05) is 0 Å². The molecule has 0 fully saturated rings. The van der Waals surface area contributed by atoms with Crippen LogP contribution in [0.15, 0.2) is 47.4 Å². The molecule has 0 bridgehead atoms. The van der Waals surface area contributed by atoms with E-state index in [4.69, 9.17) is 4.74 Å². The Bertz CT molecular complexity index is 807. The third-order valence-electron chi connectivity index (χ3n) is 4.18. The second-order valence-electron chi connectivity index (χ2n) is 6.31. The van der Waals surface area contributed by atoms with Gasteiger partial charge in [-0.3, -0.25) is 4.55 Å². The van der Waals surface area contributed by atoms with E-state index in [1.807, 2.05) is 6.07 Å². The van der Waals surface area contributed by atoms with E-state index >= 15 is 0 Å². The monoisotopic (exact) mass is 416 g/mol. The van der Waals surface area contributed by atoms with Gasteiger partial charge < -0.3 is 9.84 Å². The van der Waals surface area contributed by atoms with Crippen LogP contribution in [0, 0.1) is 0 Å². The fourth-order valence-corrected chi connectivity index (χ4v) is 3.36. The van der Waals surface area contributed by atoms with Crippen LogP contribution >= 0.6 is 0 Å². The van der Waals surface area contributed by atoms with Crippen molar-refractivity contribution in [3.63, 3.8) is 0 Å². The van der Waals surface area contributed by atoms with Crippen molar-refractivity contribution in [1.82, 2.24) is 0 Å². The van der Waals surface area contributed by atoms with Crippen LogP contribution in [-0.2, 0) is 16.5 Å². The molecular weight excluding hydrogens is 391 g/mol. The van der Waals surface area contributed by atoms with E-state index in [-0.39, 0.29) is 57.1 Å². The van der Waals surface area contributed by atoms with E-state index in [0.29, 0.717) is 17.7 Å². The van der Waals surface area contributed by atoms with Gasteiger partial charge in [0.15, 0.2) is 0 Å². The van der Waals surface area contributed by atoms with Crippen LogP contribution in [0.1, 0.15) is 51.0 Å². The van der Waals surface area contributed by atoms with Crippen molar-refractivity contribution in [1.29, 1.82) is 0 Å². The minimum Gasteiger partial charge on any atom is -0.872 e. The molecule has 0 aliphatic carbocycles. The second-order valence-corrected chi connectivity index (χ2v) is 7.70. The number of aryl methyl sites for hydroxylation is 1. The summed E-state index contributed by atoms with van der Waals surface area (Å²) in [4.78, 5) is -0.657. The van der Waals surface area contributed by atoms with Crippen LogP contribution in [0.4, 0.5) is 0 Å². The molecule has 0 atom stereocenters. The summed E-state index contributed by atoms with van der Waals surface area (Å²) >= 11 is 0. The minimum atomic E-state index is -4.59. The van der Waals surface area contributed by atoms with E-state index in [1.165, 1.54) is 25.3 Å². The molecule has 0 aromatic heterocycles. The van der Waals surface area contributed by atoms with E-state index in [1.54, 1.807) is 24.3 Å².